The van der Waals surface area contributed by atoms with Gasteiger partial charge >= 0.3 is 0 Å². The van der Waals surface area contributed by atoms with Crippen molar-refractivity contribution in [1.82, 2.24) is 4.98 Å². The second kappa shape index (κ2) is 4.82. The third-order valence-electron chi connectivity index (χ3n) is 3.44. The Morgan fingerprint density at radius 2 is 2.17 bits per heavy atom. The Balaban J connectivity index is 1.88. The lowest BCUT2D eigenvalue weighted by molar-refractivity contribution is 0.734. The van der Waals surface area contributed by atoms with Crippen molar-refractivity contribution in [2.45, 2.75) is 38.6 Å². The van der Waals surface area contributed by atoms with Gasteiger partial charge in [-0.2, -0.15) is 0 Å². The lowest BCUT2D eigenvalue weighted by Gasteiger charge is -2.02. The zero-order chi connectivity index (χ0) is 12.5. The molecular weight excluding hydrogens is 240 g/mol. The number of benzene rings is 1. The maximum atomic E-state index is 5.81. The summed E-state index contributed by atoms with van der Waals surface area (Å²) in [4.78, 5) is 4.68. The smallest absolute Gasteiger partial charge is 0.0947 e. The van der Waals surface area contributed by atoms with Gasteiger partial charge in [0.25, 0.3) is 0 Å². The number of aromatic nitrogens is 1. The summed E-state index contributed by atoms with van der Waals surface area (Å²) in [5.74, 6) is 0. The van der Waals surface area contributed by atoms with Crippen LogP contribution in [-0.2, 0) is 19.3 Å². The molecule has 18 heavy (non-hydrogen) atoms. The molecule has 1 aliphatic carbocycles. The predicted molar refractivity (Wildman–Crippen MR) is 76.9 cm³/mol. The first-order valence-electron chi connectivity index (χ1n) is 6.54. The van der Waals surface area contributed by atoms with E-state index in [0.29, 0.717) is 0 Å². The number of thiazole rings is 1. The standard InChI is InChI=1S/C15H18N2S/c1-10(16)7-15-17-14(9-18-15)13-6-5-11-3-2-4-12(11)8-13/h5-6,8-10H,2-4,7,16H2,1H3. The van der Waals surface area contributed by atoms with Crippen molar-refractivity contribution in [3.05, 3.63) is 39.7 Å². The summed E-state index contributed by atoms with van der Waals surface area (Å²) in [6.45, 7) is 2.02. The van der Waals surface area contributed by atoms with Crippen molar-refractivity contribution in [3.8, 4) is 11.3 Å². The van der Waals surface area contributed by atoms with E-state index in [1.807, 2.05) is 6.92 Å². The van der Waals surface area contributed by atoms with Gasteiger partial charge in [-0.15, -0.1) is 11.3 Å². The molecule has 0 aliphatic heterocycles. The molecule has 0 radical (unpaired) electrons. The summed E-state index contributed by atoms with van der Waals surface area (Å²) in [7, 11) is 0. The highest BCUT2D eigenvalue weighted by molar-refractivity contribution is 7.09. The summed E-state index contributed by atoms with van der Waals surface area (Å²) in [5, 5.41) is 3.29. The monoisotopic (exact) mass is 258 g/mol. The van der Waals surface area contributed by atoms with E-state index in [2.05, 4.69) is 28.6 Å². The molecule has 0 saturated carbocycles. The van der Waals surface area contributed by atoms with E-state index in [-0.39, 0.29) is 6.04 Å². The number of nitrogens with two attached hydrogens (primary N) is 1. The van der Waals surface area contributed by atoms with Crippen LogP contribution in [-0.4, -0.2) is 11.0 Å². The molecule has 0 fully saturated rings. The highest BCUT2D eigenvalue weighted by Gasteiger charge is 2.13. The first-order chi connectivity index (χ1) is 8.72. The molecule has 2 nitrogen and oxygen atoms in total. The molecule has 2 aromatic rings. The minimum Gasteiger partial charge on any atom is -0.328 e. The second-order valence-corrected chi connectivity index (χ2v) is 6.09. The average Bonchev–Trinajstić information content (AvgIpc) is 2.95. The van der Waals surface area contributed by atoms with E-state index >= 15 is 0 Å². The van der Waals surface area contributed by atoms with Gasteiger partial charge < -0.3 is 5.73 Å². The largest absolute Gasteiger partial charge is 0.328 e. The number of aryl methyl sites for hydroxylation is 2. The Hall–Kier alpha value is -1.19. The van der Waals surface area contributed by atoms with Crippen LogP contribution in [0.3, 0.4) is 0 Å². The van der Waals surface area contributed by atoms with Gasteiger partial charge in [0, 0.05) is 23.4 Å². The molecule has 1 unspecified atom stereocenters. The fraction of sp³-hybridized carbons (Fsp3) is 0.400. The molecule has 0 spiro atoms. The first-order valence-corrected chi connectivity index (χ1v) is 7.42. The predicted octanol–water partition coefficient (Wildman–Crippen LogP) is 3.19. The Morgan fingerprint density at radius 3 is 3.00 bits per heavy atom. The van der Waals surface area contributed by atoms with Gasteiger partial charge in [0.2, 0.25) is 0 Å². The van der Waals surface area contributed by atoms with Crippen LogP contribution in [0.5, 0.6) is 0 Å². The fourth-order valence-electron chi connectivity index (χ4n) is 2.54. The Labute approximate surface area is 112 Å². The molecule has 1 aromatic carbocycles. The first kappa shape index (κ1) is 11.9. The molecule has 1 atom stereocenters. The summed E-state index contributed by atoms with van der Waals surface area (Å²) >= 11 is 1.71. The summed E-state index contributed by atoms with van der Waals surface area (Å²) in [5.41, 5.74) is 11.2. The molecule has 0 amide bonds. The summed E-state index contributed by atoms with van der Waals surface area (Å²) < 4.78 is 0. The topological polar surface area (TPSA) is 38.9 Å². The third-order valence-corrected chi connectivity index (χ3v) is 4.31. The van der Waals surface area contributed by atoms with Gasteiger partial charge in [-0.1, -0.05) is 12.1 Å². The van der Waals surface area contributed by atoms with E-state index in [4.69, 9.17) is 5.73 Å². The molecule has 1 heterocycles. The van der Waals surface area contributed by atoms with Crippen LogP contribution >= 0.6 is 11.3 Å². The molecular formula is C15H18N2S. The van der Waals surface area contributed by atoms with E-state index < -0.39 is 0 Å². The van der Waals surface area contributed by atoms with Gasteiger partial charge in [0.1, 0.15) is 0 Å². The van der Waals surface area contributed by atoms with E-state index in [9.17, 15) is 0 Å². The van der Waals surface area contributed by atoms with Crippen LogP contribution in [0.2, 0.25) is 0 Å². The normalized spacial score (nSPS) is 15.7. The lowest BCUT2D eigenvalue weighted by atomic mass is 10.1. The van der Waals surface area contributed by atoms with Crippen LogP contribution in [0.25, 0.3) is 11.3 Å². The number of fused-ring (bicyclic) bond motifs is 1. The lowest BCUT2D eigenvalue weighted by Crippen LogP contribution is -2.17. The molecule has 3 heteroatoms. The van der Waals surface area contributed by atoms with Crippen LogP contribution in [0.4, 0.5) is 0 Å². The van der Waals surface area contributed by atoms with E-state index in [0.717, 1.165) is 17.1 Å². The van der Waals surface area contributed by atoms with Gasteiger partial charge in [-0.05, 0) is 43.4 Å². The molecule has 2 N–H and O–H groups in total. The molecule has 0 bridgehead atoms. The molecule has 1 aromatic heterocycles. The van der Waals surface area contributed by atoms with Crippen LogP contribution in [0.1, 0.15) is 29.5 Å². The average molecular weight is 258 g/mol. The van der Waals surface area contributed by atoms with Crippen LogP contribution in [0, 0.1) is 0 Å². The minimum absolute atomic E-state index is 0.184. The van der Waals surface area contributed by atoms with Crippen LogP contribution < -0.4 is 5.73 Å². The van der Waals surface area contributed by atoms with Crippen molar-refractivity contribution < 1.29 is 0 Å². The van der Waals surface area contributed by atoms with Crippen molar-refractivity contribution in [2.75, 3.05) is 0 Å². The van der Waals surface area contributed by atoms with Crippen LogP contribution in [0.15, 0.2) is 23.6 Å². The van der Waals surface area contributed by atoms with E-state index in [1.165, 1.54) is 36.0 Å². The van der Waals surface area contributed by atoms with Gasteiger partial charge in [-0.3, -0.25) is 0 Å². The number of nitrogens with zero attached hydrogens (tertiary/aromatic N) is 1. The van der Waals surface area contributed by atoms with Crippen molar-refractivity contribution >= 4 is 11.3 Å². The Morgan fingerprint density at radius 1 is 1.33 bits per heavy atom. The van der Waals surface area contributed by atoms with Gasteiger partial charge in [-0.25, -0.2) is 4.98 Å². The Bertz CT molecular complexity index is 557. The fourth-order valence-corrected chi connectivity index (χ4v) is 3.49. The SMILES string of the molecule is CC(N)Cc1nc(-c2ccc3c(c2)CCC3)cs1. The molecule has 0 saturated heterocycles. The minimum atomic E-state index is 0.184. The summed E-state index contributed by atoms with van der Waals surface area (Å²) in [6.07, 6.45) is 4.63. The quantitative estimate of drug-likeness (QED) is 0.918. The highest BCUT2D eigenvalue weighted by atomic mass is 32.1. The van der Waals surface area contributed by atoms with Crippen molar-refractivity contribution in [2.24, 2.45) is 5.73 Å². The van der Waals surface area contributed by atoms with Crippen molar-refractivity contribution in [1.29, 1.82) is 0 Å². The second-order valence-electron chi connectivity index (χ2n) is 5.14. The number of hydrogen-bond acceptors (Lipinski definition) is 3. The number of rotatable bonds is 3. The van der Waals surface area contributed by atoms with Gasteiger partial charge in [0.05, 0.1) is 10.7 Å². The third kappa shape index (κ3) is 2.33. The highest BCUT2D eigenvalue weighted by Crippen LogP contribution is 2.28. The van der Waals surface area contributed by atoms with E-state index in [1.54, 1.807) is 11.3 Å². The zero-order valence-corrected chi connectivity index (χ0v) is 11.5. The molecule has 3 rings (SSSR count). The maximum absolute atomic E-state index is 5.81. The molecule has 94 valence electrons. The maximum Gasteiger partial charge on any atom is 0.0947 e. The van der Waals surface area contributed by atoms with Gasteiger partial charge in [0.15, 0.2) is 0 Å². The Kier molecular flexibility index (Phi) is 3.18. The summed E-state index contributed by atoms with van der Waals surface area (Å²) in [6, 6.07) is 6.97. The molecule has 1 aliphatic rings. The zero-order valence-electron chi connectivity index (χ0n) is 10.6. The van der Waals surface area contributed by atoms with Crippen molar-refractivity contribution in [3.63, 3.8) is 0 Å². The number of hydrogen-bond donors (Lipinski definition) is 1.